The van der Waals surface area contributed by atoms with Gasteiger partial charge in [-0.05, 0) is 67.0 Å². The molecule has 0 saturated heterocycles. The van der Waals surface area contributed by atoms with Crippen molar-refractivity contribution in [2.24, 2.45) is 11.8 Å². The molecule has 2 aromatic carbocycles. The van der Waals surface area contributed by atoms with Gasteiger partial charge >= 0.3 is 0 Å². The Kier molecular flexibility index (Phi) is 12.5. The van der Waals surface area contributed by atoms with Crippen LogP contribution in [-0.2, 0) is 27.2 Å². The second-order valence-corrected chi connectivity index (χ2v) is 12.3. The number of benzene rings is 2. The van der Waals surface area contributed by atoms with E-state index in [2.05, 4.69) is 36.6 Å². The van der Waals surface area contributed by atoms with Crippen molar-refractivity contribution in [1.29, 1.82) is 0 Å². The van der Waals surface area contributed by atoms with Crippen LogP contribution >= 0.6 is 0 Å². The van der Waals surface area contributed by atoms with Crippen molar-refractivity contribution in [3.05, 3.63) is 77.9 Å². The molecule has 47 heavy (non-hydrogen) atoms. The number of nitrogens with zero attached hydrogens (tertiary/aromatic N) is 2. The van der Waals surface area contributed by atoms with Gasteiger partial charge in [-0.25, -0.2) is 14.4 Å². The first kappa shape index (κ1) is 35.1. The number of phenolic OH excluding ortho intramolecular Hbond substituents is 1. The fourth-order valence-corrected chi connectivity index (χ4v) is 5.25. The molecule has 3 amide bonds. The van der Waals surface area contributed by atoms with Crippen LogP contribution in [0.5, 0.6) is 11.5 Å². The van der Waals surface area contributed by atoms with E-state index in [9.17, 15) is 23.9 Å². The van der Waals surface area contributed by atoms with Gasteiger partial charge in [-0.3, -0.25) is 19.7 Å². The van der Waals surface area contributed by atoms with Crippen molar-refractivity contribution in [2.75, 3.05) is 25.0 Å². The van der Waals surface area contributed by atoms with Crippen LogP contribution < -0.4 is 31.3 Å². The summed E-state index contributed by atoms with van der Waals surface area (Å²) in [6, 6.07) is 10.0. The third-order valence-corrected chi connectivity index (χ3v) is 7.82. The molecule has 4 rings (SSSR count). The molecule has 0 radical (unpaired) electrons. The molecule has 1 aromatic heterocycles. The van der Waals surface area contributed by atoms with E-state index < -0.39 is 47.4 Å². The molecule has 2 heterocycles. The Labute approximate surface area is 274 Å². The lowest BCUT2D eigenvalue weighted by Gasteiger charge is -2.29. The van der Waals surface area contributed by atoms with Crippen LogP contribution in [-0.4, -0.2) is 76.7 Å². The fourth-order valence-electron chi connectivity index (χ4n) is 5.25. The van der Waals surface area contributed by atoms with Gasteiger partial charge in [0.05, 0.1) is 6.04 Å². The van der Waals surface area contributed by atoms with E-state index in [0.29, 0.717) is 30.2 Å². The topological polar surface area (TPSA) is 167 Å². The number of nitrogens with one attached hydrogen (secondary N) is 5. The van der Waals surface area contributed by atoms with Crippen LogP contribution in [0, 0.1) is 17.7 Å². The van der Waals surface area contributed by atoms with Crippen LogP contribution in [0.25, 0.3) is 0 Å². The molecule has 3 aromatic rings. The fraction of sp³-hybridized carbons (Fsp3) is 0.441. The Morgan fingerprint density at radius 1 is 0.979 bits per heavy atom. The van der Waals surface area contributed by atoms with E-state index in [1.165, 1.54) is 18.2 Å². The number of phenols is 1. The number of carbonyl (C=O) groups excluding carboxylic acids is 3. The summed E-state index contributed by atoms with van der Waals surface area (Å²) in [6.07, 6.45) is 3.81. The van der Waals surface area contributed by atoms with Gasteiger partial charge in [0, 0.05) is 31.5 Å². The van der Waals surface area contributed by atoms with Crippen molar-refractivity contribution in [1.82, 2.24) is 31.2 Å². The first-order valence-electron chi connectivity index (χ1n) is 15.8. The van der Waals surface area contributed by atoms with Gasteiger partial charge in [0.15, 0.2) is 11.6 Å². The number of hydrogen-bond acceptors (Lipinski definition) is 9. The van der Waals surface area contributed by atoms with Gasteiger partial charge in [-0.1, -0.05) is 45.0 Å². The molecule has 13 heteroatoms. The molecule has 1 aliphatic rings. The predicted octanol–water partition coefficient (Wildman–Crippen LogP) is 2.34. The third-order valence-electron chi connectivity index (χ3n) is 7.82. The van der Waals surface area contributed by atoms with E-state index in [1.54, 1.807) is 32.3 Å². The summed E-state index contributed by atoms with van der Waals surface area (Å²) in [5.74, 6) is -2.06. The summed E-state index contributed by atoms with van der Waals surface area (Å²) in [4.78, 5) is 49.2. The number of halogens is 1. The molecule has 0 fully saturated rings. The highest BCUT2D eigenvalue weighted by molar-refractivity contribution is 5.93. The number of carbonyl (C=O) groups is 3. The average Bonchev–Trinajstić information content (AvgIpc) is 3.05. The van der Waals surface area contributed by atoms with Gasteiger partial charge < -0.3 is 31.1 Å². The summed E-state index contributed by atoms with van der Waals surface area (Å²) in [5.41, 5.74) is 1.43. The molecule has 0 spiro atoms. The molecule has 0 aliphatic carbocycles. The van der Waals surface area contributed by atoms with Crippen LogP contribution in [0.15, 0.2) is 60.9 Å². The number of anilines is 1. The molecule has 5 atom stereocenters. The zero-order valence-corrected chi connectivity index (χ0v) is 27.1. The minimum atomic E-state index is -1.01. The molecular formula is C34H44FN7O5. The maximum atomic E-state index is 14.2. The lowest BCUT2D eigenvalue weighted by Crippen LogP contribution is -2.60. The SMILES string of the molecule is CC(C)[C@H]1NC(=O)[C@@H](Cc2ccc(O)c(F)c2)N[C@@H](C)COc2ccccc2C[C@H](C)CNC(=O)[C@H](CNc2ncccn2)NC1=O. The molecule has 6 N–H and O–H groups in total. The van der Waals surface area contributed by atoms with E-state index >= 15 is 0 Å². The summed E-state index contributed by atoms with van der Waals surface area (Å²) in [7, 11) is 0. The van der Waals surface area contributed by atoms with Gasteiger partial charge in [-0.15, -0.1) is 0 Å². The highest BCUT2D eigenvalue weighted by atomic mass is 19.1. The Balaban J connectivity index is 1.64. The maximum absolute atomic E-state index is 14.2. The number of rotatable bonds is 6. The van der Waals surface area contributed by atoms with E-state index in [1.807, 2.05) is 38.1 Å². The summed E-state index contributed by atoms with van der Waals surface area (Å²) >= 11 is 0. The molecule has 0 unspecified atom stereocenters. The Hall–Kier alpha value is -4.78. The number of fused-ring (bicyclic) bond motifs is 1. The van der Waals surface area contributed by atoms with Crippen LogP contribution in [0.1, 0.15) is 38.8 Å². The van der Waals surface area contributed by atoms with Crippen molar-refractivity contribution >= 4 is 23.7 Å². The Morgan fingerprint density at radius 2 is 1.72 bits per heavy atom. The van der Waals surface area contributed by atoms with Gasteiger partial charge in [0.2, 0.25) is 23.7 Å². The van der Waals surface area contributed by atoms with Crippen LogP contribution in [0.2, 0.25) is 0 Å². The summed E-state index contributed by atoms with van der Waals surface area (Å²) < 4.78 is 20.4. The lowest BCUT2D eigenvalue weighted by atomic mass is 9.99. The summed E-state index contributed by atoms with van der Waals surface area (Å²) in [6.45, 7) is 8.04. The highest BCUT2D eigenvalue weighted by Crippen LogP contribution is 2.22. The smallest absolute Gasteiger partial charge is 0.244 e. The van der Waals surface area contributed by atoms with Gasteiger partial charge in [0.25, 0.3) is 0 Å². The first-order valence-corrected chi connectivity index (χ1v) is 15.8. The van der Waals surface area contributed by atoms with Crippen molar-refractivity contribution in [2.45, 2.75) is 64.7 Å². The largest absolute Gasteiger partial charge is 0.505 e. The minimum absolute atomic E-state index is 0.000482. The number of amides is 3. The number of ether oxygens (including phenoxy) is 1. The number of para-hydroxylation sites is 1. The Bertz CT molecular complexity index is 1510. The second kappa shape index (κ2) is 16.7. The number of hydrogen-bond donors (Lipinski definition) is 6. The standard InChI is InChI=1S/C34H44FN7O5/c1-20(2)30-33(46)41-27(18-39-34-36-12-7-13-37-34)31(44)38-17-21(3)14-24-8-5-6-9-29(24)47-19-22(4)40-26(32(45)42-30)16-23-10-11-28(43)25(35)15-23/h5-13,15,20-22,26-27,30,40,43H,14,16-19H2,1-4H3,(H,38,44)(H,41,46)(H,42,45)(H,36,37,39)/t21-,22-,26+,27-,30+/m0/s1. The lowest BCUT2D eigenvalue weighted by molar-refractivity contribution is -0.133. The molecule has 0 saturated carbocycles. The van der Waals surface area contributed by atoms with E-state index in [4.69, 9.17) is 4.74 Å². The third kappa shape index (κ3) is 10.4. The van der Waals surface area contributed by atoms with Gasteiger partial charge in [0.1, 0.15) is 24.4 Å². The second-order valence-electron chi connectivity index (χ2n) is 12.3. The van der Waals surface area contributed by atoms with Crippen molar-refractivity contribution in [3.8, 4) is 11.5 Å². The Morgan fingerprint density at radius 3 is 2.45 bits per heavy atom. The monoisotopic (exact) mass is 649 g/mol. The minimum Gasteiger partial charge on any atom is -0.505 e. The zero-order chi connectivity index (χ0) is 33.9. The number of aromatic hydroxyl groups is 1. The van der Waals surface area contributed by atoms with Crippen molar-refractivity contribution < 1.29 is 28.6 Å². The van der Waals surface area contributed by atoms with E-state index in [-0.39, 0.29) is 37.5 Å². The van der Waals surface area contributed by atoms with Gasteiger partial charge in [-0.2, -0.15) is 0 Å². The number of aromatic nitrogens is 2. The normalized spacial score (nSPS) is 23.3. The zero-order valence-electron chi connectivity index (χ0n) is 27.1. The van der Waals surface area contributed by atoms with Crippen LogP contribution in [0.4, 0.5) is 10.3 Å². The molecule has 12 nitrogen and oxygen atoms in total. The molecule has 0 bridgehead atoms. The highest BCUT2D eigenvalue weighted by Gasteiger charge is 2.32. The maximum Gasteiger partial charge on any atom is 0.244 e. The van der Waals surface area contributed by atoms with Crippen LogP contribution in [0.3, 0.4) is 0 Å². The quantitative estimate of drug-likeness (QED) is 0.235. The molecule has 252 valence electrons. The first-order chi connectivity index (χ1) is 22.5. The predicted molar refractivity (Wildman–Crippen MR) is 175 cm³/mol. The molecular weight excluding hydrogens is 605 g/mol. The van der Waals surface area contributed by atoms with E-state index in [0.717, 1.165) is 5.56 Å². The van der Waals surface area contributed by atoms with Crippen molar-refractivity contribution in [3.63, 3.8) is 0 Å². The average molecular weight is 650 g/mol. The summed E-state index contributed by atoms with van der Waals surface area (Å²) in [5, 5.41) is 24.6. The molecule has 1 aliphatic heterocycles.